The molecule has 2 fully saturated rings. The van der Waals surface area contributed by atoms with Crippen molar-refractivity contribution in [1.29, 1.82) is 0 Å². The first-order valence-electron chi connectivity index (χ1n) is 6.38. The maximum Gasteiger partial charge on any atom is 0.0962 e. The average Bonchev–Trinajstić information content (AvgIpc) is 2.38. The molecule has 2 rings (SSSR count). The number of likely N-dealkylation sites (N-methyl/N-ethyl adjacent to an activating group) is 1. The second-order valence-electron chi connectivity index (χ2n) is 4.62. The van der Waals surface area contributed by atoms with Gasteiger partial charge in [0.25, 0.3) is 0 Å². The Hall–Kier alpha value is -0.160. The summed E-state index contributed by atoms with van der Waals surface area (Å²) < 4.78 is 17.0. The summed E-state index contributed by atoms with van der Waals surface area (Å²) in [4.78, 5) is 0. The van der Waals surface area contributed by atoms with Gasteiger partial charge in [-0.25, -0.2) is 0 Å². The predicted octanol–water partition coefficient (Wildman–Crippen LogP) is 0.949. The second-order valence-corrected chi connectivity index (χ2v) is 4.62. The Labute approximate surface area is 97.6 Å². The third-order valence-electron chi connectivity index (χ3n) is 3.45. The molecule has 3 unspecified atom stereocenters. The van der Waals surface area contributed by atoms with Gasteiger partial charge in [0.15, 0.2) is 0 Å². The van der Waals surface area contributed by atoms with Crippen LogP contribution in [0.2, 0.25) is 0 Å². The lowest BCUT2D eigenvalue weighted by molar-refractivity contribution is -0.108. The molecule has 4 nitrogen and oxygen atoms in total. The summed E-state index contributed by atoms with van der Waals surface area (Å²) in [6, 6.07) is 0.428. The molecule has 0 bridgehead atoms. The van der Waals surface area contributed by atoms with Gasteiger partial charge >= 0.3 is 0 Å². The molecular formula is C12H23NO3. The van der Waals surface area contributed by atoms with E-state index in [1.54, 1.807) is 0 Å². The van der Waals surface area contributed by atoms with Crippen molar-refractivity contribution in [2.24, 2.45) is 0 Å². The average molecular weight is 229 g/mol. The highest BCUT2D eigenvalue weighted by atomic mass is 16.6. The Bertz CT molecular complexity index is 195. The molecule has 2 aliphatic rings. The lowest BCUT2D eigenvalue weighted by atomic mass is 10.1. The largest absolute Gasteiger partial charge is 0.379 e. The summed E-state index contributed by atoms with van der Waals surface area (Å²) in [6.45, 7) is 3.15. The van der Waals surface area contributed by atoms with Gasteiger partial charge in [0, 0.05) is 19.3 Å². The molecule has 0 aromatic heterocycles. The number of hydrogen-bond donors (Lipinski definition) is 1. The van der Waals surface area contributed by atoms with Crippen molar-refractivity contribution < 1.29 is 14.2 Å². The summed E-state index contributed by atoms with van der Waals surface area (Å²) in [7, 11) is 1.99. The zero-order chi connectivity index (χ0) is 11.2. The topological polar surface area (TPSA) is 39.7 Å². The molecule has 0 radical (unpaired) electrons. The lowest BCUT2D eigenvalue weighted by Crippen LogP contribution is -2.47. The van der Waals surface area contributed by atoms with Gasteiger partial charge in [-0.15, -0.1) is 0 Å². The molecule has 16 heavy (non-hydrogen) atoms. The van der Waals surface area contributed by atoms with E-state index in [2.05, 4.69) is 5.32 Å². The molecule has 2 heterocycles. The molecule has 0 saturated carbocycles. The van der Waals surface area contributed by atoms with Crippen LogP contribution in [0, 0.1) is 0 Å². The minimum Gasteiger partial charge on any atom is -0.379 e. The molecule has 0 amide bonds. The summed E-state index contributed by atoms with van der Waals surface area (Å²) in [6.07, 6.45) is 5.12. The van der Waals surface area contributed by atoms with Crippen molar-refractivity contribution >= 4 is 0 Å². The van der Waals surface area contributed by atoms with E-state index in [0.717, 1.165) is 26.1 Å². The maximum atomic E-state index is 5.91. The Morgan fingerprint density at radius 1 is 1.25 bits per heavy atom. The highest BCUT2D eigenvalue weighted by molar-refractivity contribution is 4.79. The first kappa shape index (κ1) is 12.3. The van der Waals surface area contributed by atoms with E-state index in [1.807, 2.05) is 7.05 Å². The first-order chi connectivity index (χ1) is 7.90. The summed E-state index contributed by atoms with van der Waals surface area (Å²) in [5, 5.41) is 3.30. The van der Waals surface area contributed by atoms with Crippen LogP contribution in [0.5, 0.6) is 0 Å². The summed E-state index contributed by atoms with van der Waals surface area (Å²) in [5.74, 6) is 0. The molecule has 0 aliphatic carbocycles. The number of rotatable bonds is 4. The van der Waals surface area contributed by atoms with E-state index in [9.17, 15) is 0 Å². The monoisotopic (exact) mass is 229 g/mol. The van der Waals surface area contributed by atoms with Gasteiger partial charge in [0.1, 0.15) is 0 Å². The van der Waals surface area contributed by atoms with Gasteiger partial charge in [-0.1, -0.05) is 0 Å². The van der Waals surface area contributed by atoms with Crippen molar-refractivity contribution in [3.05, 3.63) is 0 Å². The fourth-order valence-corrected chi connectivity index (χ4v) is 2.38. The number of nitrogens with one attached hydrogen (secondary N) is 1. The smallest absolute Gasteiger partial charge is 0.0962 e. The van der Waals surface area contributed by atoms with E-state index in [4.69, 9.17) is 14.2 Å². The molecular weight excluding hydrogens is 206 g/mol. The fraction of sp³-hybridized carbons (Fsp3) is 1.00. The molecule has 2 saturated heterocycles. The van der Waals surface area contributed by atoms with Gasteiger partial charge in [0.05, 0.1) is 25.4 Å². The van der Waals surface area contributed by atoms with Crippen LogP contribution in [0.4, 0.5) is 0 Å². The standard InChI is InChI=1S/C12H23NO3/c1-13-11-5-7-14-9-12(11)16-8-10-4-2-3-6-15-10/h10-13H,2-9H2,1H3. The van der Waals surface area contributed by atoms with Crippen molar-refractivity contribution in [3.63, 3.8) is 0 Å². The van der Waals surface area contributed by atoms with Crippen molar-refractivity contribution in [2.75, 3.05) is 33.5 Å². The Morgan fingerprint density at radius 3 is 2.94 bits per heavy atom. The second kappa shape index (κ2) is 6.55. The predicted molar refractivity (Wildman–Crippen MR) is 61.6 cm³/mol. The number of ether oxygens (including phenoxy) is 3. The Kier molecular flexibility index (Phi) is 5.03. The SMILES string of the molecule is CNC1CCOCC1OCC1CCCCO1. The van der Waals surface area contributed by atoms with Crippen LogP contribution in [0.15, 0.2) is 0 Å². The molecule has 2 aliphatic heterocycles. The van der Waals surface area contributed by atoms with E-state index < -0.39 is 0 Å². The van der Waals surface area contributed by atoms with E-state index in [0.29, 0.717) is 25.4 Å². The van der Waals surface area contributed by atoms with Crippen molar-refractivity contribution in [3.8, 4) is 0 Å². The van der Waals surface area contributed by atoms with Crippen molar-refractivity contribution in [2.45, 2.75) is 43.9 Å². The molecule has 0 aromatic carbocycles. The number of hydrogen-bond acceptors (Lipinski definition) is 4. The third-order valence-corrected chi connectivity index (χ3v) is 3.45. The quantitative estimate of drug-likeness (QED) is 0.779. The van der Waals surface area contributed by atoms with Gasteiger partial charge in [-0.05, 0) is 32.7 Å². The van der Waals surface area contributed by atoms with Crippen LogP contribution < -0.4 is 5.32 Å². The van der Waals surface area contributed by atoms with E-state index in [1.165, 1.54) is 12.8 Å². The summed E-state index contributed by atoms with van der Waals surface area (Å²) >= 11 is 0. The molecule has 3 atom stereocenters. The third kappa shape index (κ3) is 3.42. The van der Waals surface area contributed by atoms with Gasteiger partial charge in [0.2, 0.25) is 0 Å². The van der Waals surface area contributed by atoms with Crippen LogP contribution in [0.25, 0.3) is 0 Å². The minimum atomic E-state index is 0.185. The molecule has 94 valence electrons. The van der Waals surface area contributed by atoms with Crippen LogP contribution >= 0.6 is 0 Å². The zero-order valence-electron chi connectivity index (χ0n) is 10.1. The molecule has 1 N–H and O–H groups in total. The van der Waals surface area contributed by atoms with Crippen LogP contribution in [0.1, 0.15) is 25.7 Å². The maximum absolute atomic E-state index is 5.91. The normalized spacial score (nSPS) is 36.2. The highest BCUT2D eigenvalue weighted by Crippen LogP contribution is 2.16. The van der Waals surface area contributed by atoms with Gasteiger partial charge in [-0.3, -0.25) is 0 Å². The van der Waals surface area contributed by atoms with Gasteiger partial charge < -0.3 is 19.5 Å². The van der Waals surface area contributed by atoms with Crippen LogP contribution in [0.3, 0.4) is 0 Å². The fourth-order valence-electron chi connectivity index (χ4n) is 2.38. The highest BCUT2D eigenvalue weighted by Gasteiger charge is 2.26. The van der Waals surface area contributed by atoms with Crippen molar-refractivity contribution in [1.82, 2.24) is 5.32 Å². The zero-order valence-corrected chi connectivity index (χ0v) is 10.1. The Morgan fingerprint density at radius 2 is 2.19 bits per heavy atom. The van der Waals surface area contributed by atoms with E-state index in [-0.39, 0.29) is 6.10 Å². The van der Waals surface area contributed by atoms with E-state index >= 15 is 0 Å². The summed E-state index contributed by atoms with van der Waals surface area (Å²) in [5.41, 5.74) is 0. The lowest BCUT2D eigenvalue weighted by Gasteiger charge is -2.33. The van der Waals surface area contributed by atoms with Crippen LogP contribution in [-0.2, 0) is 14.2 Å². The first-order valence-corrected chi connectivity index (χ1v) is 6.38. The molecule has 0 spiro atoms. The van der Waals surface area contributed by atoms with Gasteiger partial charge in [-0.2, -0.15) is 0 Å². The molecule has 0 aromatic rings. The minimum absolute atomic E-state index is 0.185. The Balaban J connectivity index is 1.70. The molecule has 4 heteroatoms. The van der Waals surface area contributed by atoms with Crippen LogP contribution in [-0.4, -0.2) is 51.7 Å².